The third kappa shape index (κ3) is 3.80. The molecular weight excluding hydrogens is 330 g/mol. The Labute approximate surface area is 144 Å². The van der Waals surface area contributed by atoms with Crippen LogP contribution >= 0.6 is 11.6 Å². The highest BCUT2D eigenvalue weighted by molar-refractivity contribution is 6.30. The van der Waals surface area contributed by atoms with Crippen molar-refractivity contribution in [1.29, 1.82) is 0 Å². The summed E-state index contributed by atoms with van der Waals surface area (Å²) in [5.41, 5.74) is 1.08. The first kappa shape index (κ1) is 16.2. The quantitative estimate of drug-likeness (QED) is 0.855. The minimum Gasteiger partial charge on any atom is -0.342 e. The molecule has 2 aromatic rings. The molecule has 0 saturated carbocycles. The molecule has 124 valence electrons. The number of hydrogen-bond acceptors (Lipinski definition) is 5. The SMILES string of the molecule is O=CN1CCN(C(=O)c2ccc(Nc3cccc(Cl)c3)nn2)CC1. The Morgan fingerprint density at radius 2 is 1.92 bits per heavy atom. The summed E-state index contributed by atoms with van der Waals surface area (Å²) < 4.78 is 0. The van der Waals surface area contributed by atoms with E-state index < -0.39 is 0 Å². The maximum atomic E-state index is 12.4. The van der Waals surface area contributed by atoms with Crippen LogP contribution in [0.25, 0.3) is 0 Å². The first-order chi connectivity index (χ1) is 11.7. The average molecular weight is 346 g/mol. The van der Waals surface area contributed by atoms with Crippen LogP contribution in [0.5, 0.6) is 0 Å². The molecule has 3 rings (SSSR count). The van der Waals surface area contributed by atoms with Crippen molar-refractivity contribution in [3.63, 3.8) is 0 Å². The summed E-state index contributed by atoms with van der Waals surface area (Å²) in [6.45, 7) is 2.08. The van der Waals surface area contributed by atoms with Crippen molar-refractivity contribution < 1.29 is 9.59 Å². The Morgan fingerprint density at radius 1 is 1.12 bits per heavy atom. The van der Waals surface area contributed by atoms with Gasteiger partial charge in [0.25, 0.3) is 5.91 Å². The van der Waals surface area contributed by atoms with Gasteiger partial charge in [-0.15, -0.1) is 10.2 Å². The van der Waals surface area contributed by atoms with E-state index in [1.165, 1.54) is 0 Å². The summed E-state index contributed by atoms with van der Waals surface area (Å²) in [5.74, 6) is 0.349. The van der Waals surface area contributed by atoms with Crippen molar-refractivity contribution in [3.05, 3.63) is 47.1 Å². The largest absolute Gasteiger partial charge is 0.342 e. The van der Waals surface area contributed by atoms with Gasteiger partial charge in [-0.2, -0.15) is 0 Å². The third-order valence-corrected chi connectivity index (χ3v) is 3.97. The predicted octanol–water partition coefficient (Wildman–Crippen LogP) is 1.79. The number of halogens is 1. The number of carbonyl (C=O) groups is 2. The van der Waals surface area contributed by atoms with E-state index in [4.69, 9.17) is 11.6 Å². The van der Waals surface area contributed by atoms with Crippen LogP contribution in [0, 0.1) is 0 Å². The Bertz CT molecular complexity index is 730. The van der Waals surface area contributed by atoms with Crippen molar-refractivity contribution >= 4 is 35.4 Å². The van der Waals surface area contributed by atoms with Crippen molar-refractivity contribution in [2.75, 3.05) is 31.5 Å². The number of carbonyl (C=O) groups excluding carboxylic acids is 2. The van der Waals surface area contributed by atoms with Gasteiger partial charge in [-0.25, -0.2) is 0 Å². The maximum absolute atomic E-state index is 12.4. The molecule has 0 bridgehead atoms. The molecule has 1 aromatic heterocycles. The second-order valence-electron chi connectivity index (χ2n) is 5.37. The lowest BCUT2D eigenvalue weighted by Crippen LogP contribution is -2.48. The molecule has 1 aromatic carbocycles. The fraction of sp³-hybridized carbons (Fsp3) is 0.250. The van der Waals surface area contributed by atoms with Gasteiger partial charge in [0.1, 0.15) is 0 Å². The number of piperazine rings is 1. The van der Waals surface area contributed by atoms with Crippen LogP contribution in [0.2, 0.25) is 5.02 Å². The fourth-order valence-electron chi connectivity index (χ4n) is 2.42. The van der Waals surface area contributed by atoms with Gasteiger partial charge < -0.3 is 15.1 Å². The first-order valence-electron chi connectivity index (χ1n) is 7.50. The molecule has 2 amide bonds. The lowest BCUT2D eigenvalue weighted by atomic mass is 10.2. The zero-order valence-electron chi connectivity index (χ0n) is 12.9. The number of aromatic nitrogens is 2. The first-order valence-corrected chi connectivity index (χ1v) is 7.88. The number of anilines is 2. The summed E-state index contributed by atoms with van der Waals surface area (Å²) in [7, 11) is 0. The molecule has 0 aliphatic carbocycles. The van der Waals surface area contributed by atoms with Gasteiger partial charge in [0.05, 0.1) is 0 Å². The second kappa shape index (κ2) is 7.27. The molecule has 1 saturated heterocycles. The molecule has 0 unspecified atom stereocenters. The van der Waals surface area contributed by atoms with Crippen molar-refractivity contribution in [2.24, 2.45) is 0 Å². The van der Waals surface area contributed by atoms with Crippen LogP contribution in [-0.2, 0) is 4.79 Å². The van der Waals surface area contributed by atoms with E-state index in [0.717, 1.165) is 12.1 Å². The number of rotatable bonds is 4. The van der Waals surface area contributed by atoms with E-state index >= 15 is 0 Å². The lowest BCUT2D eigenvalue weighted by Gasteiger charge is -2.32. The number of nitrogens with zero attached hydrogens (tertiary/aromatic N) is 4. The van der Waals surface area contributed by atoms with E-state index in [-0.39, 0.29) is 11.6 Å². The van der Waals surface area contributed by atoms with Gasteiger partial charge in [0.2, 0.25) is 6.41 Å². The highest BCUT2D eigenvalue weighted by Gasteiger charge is 2.22. The number of nitrogens with one attached hydrogen (secondary N) is 1. The summed E-state index contributed by atoms with van der Waals surface area (Å²) in [6.07, 6.45) is 0.803. The van der Waals surface area contributed by atoms with E-state index in [2.05, 4.69) is 15.5 Å². The second-order valence-corrected chi connectivity index (χ2v) is 5.81. The Kier molecular flexibility index (Phi) is 4.90. The molecule has 1 aliphatic heterocycles. The van der Waals surface area contributed by atoms with Crippen LogP contribution in [0.15, 0.2) is 36.4 Å². The maximum Gasteiger partial charge on any atom is 0.274 e. The van der Waals surface area contributed by atoms with Gasteiger partial charge >= 0.3 is 0 Å². The van der Waals surface area contributed by atoms with E-state index in [1.54, 1.807) is 34.1 Å². The molecule has 0 atom stereocenters. The van der Waals surface area contributed by atoms with Gasteiger partial charge in [0.15, 0.2) is 11.5 Å². The summed E-state index contributed by atoms with van der Waals surface area (Å²) in [5, 5.41) is 11.7. The van der Waals surface area contributed by atoms with Crippen LogP contribution in [0.3, 0.4) is 0 Å². The summed E-state index contributed by atoms with van der Waals surface area (Å²) >= 11 is 5.93. The van der Waals surface area contributed by atoms with Gasteiger partial charge in [0, 0.05) is 36.9 Å². The normalized spacial score (nSPS) is 14.4. The molecule has 1 N–H and O–H groups in total. The smallest absolute Gasteiger partial charge is 0.274 e. The van der Waals surface area contributed by atoms with Gasteiger partial charge in [-0.05, 0) is 30.3 Å². The summed E-state index contributed by atoms with van der Waals surface area (Å²) in [4.78, 5) is 26.4. The van der Waals surface area contributed by atoms with E-state index in [0.29, 0.717) is 37.0 Å². The van der Waals surface area contributed by atoms with Gasteiger partial charge in [-0.1, -0.05) is 17.7 Å². The standard InChI is InChI=1S/C16H16ClN5O2/c17-12-2-1-3-13(10-12)18-15-5-4-14(19-20-15)16(24)22-8-6-21(11-23)7-9-22/h1-5,10-11H,6-9H2,(H,18,20). The predicted molar refractivity (Wildman–Crippen MR) is 90.3 cm³/mol. The molecule has 0 spiro atoms. The third-order valence-electron chi connectivity index (χ3n) is 3.73. The Morgan fingerprint density at radius 3 is 2.54 bits per heavy atom. The zero-order chi connectivity index (χ0) is 16.9. The molecule has 8 heteroatoms. The minimum atomic E-state index is -0.178. The minimum absolute atomic E-state index is 0.178. The topological polar surface area (TPSA) is 78.4 Å². The monoisotopic (exact) mass is 345 g/mol. The lowest BCUT2D eigenvalue weighted by molar-refractivity contribution is -0.119. The Hall–Kier alpha value is -2.67. The molecule has 24 heavy (non-hydrogen) atoms. The van der Waals surface area contributed by atoms with Crippen LogP contribution in [0.1, 0.15) is 10.5 Å². The number of hydrogen-bond donors (Lipinski definition) is 1. The van der Waals surface area contributed by atoms with E-state index in [9.17, 15) is 9.59 Å². The average Bonchev–Trinajstić information content (AvgIpc) is 2.62. The number of benzene rings is 1. The summed E-state index contributed by atoms with van der Waals surface area (Å²) in [6, 6.07) is 10.6. The van der Waals surface area contributed by atoms with Crippen molar-refractivity contribution in [3.8, 4) is 0 Å². The molecule has 1 aliphatic rings. The van der Waals surface area contributed by atoms with E-state index in [1.807, 2.05) is 12.1 Å². The number of amides is 2. The highest BCUT2D eigenvalue weighted by atomic mass is 35.5. The van der Waals surface area contributed by atoms with Crippen molar-refractivity contribution in [1.82, 2.24) is 20.0 Å². The van der Waals surface area contributed by atoms with Crippen LogP contribution in [0.4, 0.5) is 11.5 Å². The molecular formula is C16H16ClN5O2. The Balaban J connectivity index is 1.64. The molecule has 2 heterocycles. The van der Waals surface area contributed by atoms with Crippen molar-refractivity contribution in [2.45, 2.75) is 0 Å². The fourth-order valence-corrected chi connectivity index (χ4v) is 2.61. The molecule has 7 nitrogen and oxygen atoms in total. The van der Waals surface area contributed by atoms with Crippen LogP contribution < -0.4 is 5.32 Å². The highest BCUT2D eigenvalue weighted by Crippen LogP contribution is 2.18. The zero-order valence-corrected chi connectivity index (χ0v) is 13.6. The van der Waals surface area contributed by atoms with Crippen LogP contribution in [-0.4, -0.2) is 58.5 Å². The van der Waals surface area contributed by atoms with Gasteiger partial charge in [-0.3, -0.25) is 9.59 Å². The molecule has 0 radical (unpaired) electrons. The molecule has 1 fully saturated rings.